The van der Waals surface area contributed by atoms with Crippen molar-refractivity contribution in [2.45, 2.75) is 25.4 Å². The van der Waals surface area contributed by atoms with E-state index in [1.165, 1.54) is 6.07 Å². The van der Waals surface area contributed by atoms with Crippen molar-refractivity contribution in [3.8, 4) is 17.2 Å². The van der Waals surface area contributed by atoms with E-state index in [2.05, 4.69) is 9.46 Å². The number of alkyl halides is 2. The molecule has 0 saturated heterocycles. The van der Waals surface area contributed by atoms with Crippen LogP contribution in [0.4, 0.5) is 14.5 Å². The van der Waals surface area contributed by atoms with E-state index in [-0.39, 0.29) is 21.4 Å². The van der Waals surface area contributed by atoms with Crippen molar-refractivity contribution >= 4 is 27.3 Å². The van der Waals surface area contributed by atoms with E-state index in [0.29, 0.717) is 24.7 Å². The quantitative estimate of drug-likeness (QED) is 0.643. The van der Waals surface area contributed by atoms with Crippen molar-refractivity contribution in [2.24, 2.45) is 0 Å². The third-order valence-electron chi connectivity index (χ3n) is 3.24. The standard InChI is InChI=1S/C17H18ClF2NO5S/c1-3-24-11-5-7-16(25-4-2)14(9-11)21-27(22,23)12-6-8-15(13(18)10-12)26-17(19)20/h5-10,17,21H,3-4H2,1-2H3. The molecule has 0 aromatic heterocycles. The van der Waals surface area contributed by atoms with Crippen LogP contribution in [0.15, 0.2) is 41.3 Å². The van der Waals surface area contributed by atoms with E-state index in [4.69, 9.17) is 21.1 Å². The Bertz CT molecular complexity index is 893. The first-order valence-electron chi connectivity index (χ1n) is 7.93. The van der Waals surface area contributed by atoms with E-state index >= 15 is 0 Å². The Hall–Kier alpha value is -2.26. The normalized spacial score (nSPS) is 11.3. The molecule has 6 nitrogen and oxygen atoms in total. The second-order valence-corrected chi connectivity index (χ2v) is 7.19. The molecule has 0 aliphatic rings. The van der Waals surface area contributed by atoms with Crippen LogP contribution in [-0.4, -0.2) is 28.2 Å². The minimum atomic E-state index is -4.07. The maximum absolute atomic E-state index is 12.7. The van der Waals surface area contributed by atoms with Crippen LogP contribution in [0.25, 0.3) is 0 Å². The Morgan fingerprint density at radius 1 is 1.04 bits per heavy atom. The maximum Gasteiger partial charge on any atom is 0.387 e. The van der Waals surface area contributed by atoms with E-state index in [9.17, 15) is 17.2 Å². The summed E-state index contributed by atoms with van der Waals surface area (Å²) in [6.45, 7) is 1.22. The molecule has 2 rings (SSSR count). The average Bonchev–Trinajstić information content (AvgIpc) is 2.58. The van der Waals surface area contributed by atoms with E-state index in [1.807, 2.05) is 0 Å². The Kier molecular flexibility index (Phi) is 7.09. The minimum absolute atomic E-state index is 0.173. The largest absolute Gasteiger partial charge is 0.494 e. The summed E-state index contributed by atoms with van der Waals surface area (Å²) in [5.74, 6) is 0.449. The SMILES string of the molecule is CCOc1ccc(OCC)c(NS(=O)(=O)c2ccc(OC(F)F)c(Cl)c2)c1. The average molecular weight is 422 g/mol. The Balaban J connectivity index is 2.35. The number of ether oxygens (including phenoxy) is 3. The molecule has 0 unspecified atom stereocenters. The molecule has 0 saturated carbocycles. The van der Waals surface area contributed by atoms with Crippen LogP contribution in [0.3, 0.4) is 0 Å². The van der Waals surface area contributed by atoms with Gasteiger partial charge < -0.3 is 14.2 Å². The van der Waals surface area contributed by atoms with Crippen molar-refractivity contribution in [2.75, 3.05) is 17.9 Å². The lowest BCUT2D eigenvalue weighted by Crippen LogP contribution is -2.14. The molecule has 0 heterocycles. The topological polar surface area (TPSA) is 73.9 Å². The zero-order valence-corrected chi connectivity index (χ0v) is 16.1. The van der Waals surface area contributed by atoms with Crippen LogP contribution in [0.2, 0.25) is 5.02 Å². The summed E-state index contributed by atoms with van der Waals surface area (Å²) in [6.07, 6.45) is 0. The van der Waals surface area contributed by atoms with Crippen molar-refractivity contribution in [1.29, 1.82) is 0 Å². The van der Waals surface area contributed by atoms with Crippen molar-refractivity contribution in [3.63, 3.8) is 0 Å². The number of sulfonamides is 1. The zero-order chi connectivity index (χ0) is 20.0. The lowest BCUT2D eigenvalue weighted by atomic mass is 10.3. The molecule has 10 heteroatoms. The number of hydrogen-bond donors (Lipinski definition) is 1. The molecule has 27 heavy (non-hydrogen) atoms. The third-order valence-corrected chi connectivity index (χ3v) is 4.89. The lowest BCUT2D eigenvalue weighted by Gasteiger charge is -2.15. The molecular formula is C17H18ClF2NO5S. The smallest absolute Gasteiger partial charge is 0.387 e. The fraction of sp³-hybridized carbons (Fsp3) is 0.294. The van der Waals surface area contributed by atoms with Gasteiger partial charge in [-0.25, -0.2) is 8.42 Å². The second-order valence-electron chi connectivity index (χ2n) is 5.10. The molecule has 0 atom stereocenters. The first-order chi connectivity index (χ1) is 12.8. The summed E-state index contributed by atoms with van der Waals surface area (Å²) in [5, 5.41) is -0.258. The highest BCUT2D eigenvalue weighted by Crippen LogP contribution is 2.33. The summed E-state index contributed by atoms with van der Waals surface area (Å²) < 4.78 is 67.3. The molecule has 0 bridgehead atoms. The summed E-state index contributed by atoms with van der Waals surface area (Å²) in [7, 11) is -4.07. The van der Waals surface area contributed by atoms with Crippen LogP contribution >= 0.6 is 11.6 Å². The highest BCUT2D eigenvalue weighted by molar-refractivity contribution is 7.92. The van der Waals surface area contributed by atoms with Gasteiger partial charge in [-0.15, -0.1) is 0 Å². The molecule has 0 amide bonds. The minimum Gasteiger partial charge on any atom is -0.494 e. The van der Waals surface area contributed by atoms with Gasteiger partial charge >= 0.3 is 6.61 Å². The van der Waals surface area contributed by atoms with Gasteiger partial charge in [0.2, 0.25) is 0 Å². The van der Waals surface area contributed by atoms with Gasteiger partial charge in [-0.2, -0.15) is 8.78 Å². The van der Waals surface area contributed by atoms with E-state index in [0.717, 1.165) is 18.2 Å². The molecule has 0 fully saturated rings. The van der Waals surface area contributed by atoms with Crippen molar-refractivity contribution in [3.05, 3.63) is 41.4 Å². The highest BCUT2D eigenvalue weighted by Gasteiger charge is 2.20. The molecule has 2 aromatic rings. The van der Waals surface area contributed by atoms with Gasteiger partial charge in [0.05, 0.1) is 28.8 Å². The van der Waals surface area contributed by atoms with E-state index < -0.39 is 16.6 Å². The summed E-state index contributed by atoms with van der Waals surface area (Å²) in [4.78, 5) is -0.224. The Morgan fingerprint density at radius 3 is 2.30 bits per heavy atom. The van der Waals surface area contributed by atoms with Crippen molar-refractivity contribution in [1.82, 2.24) is 0 Å². The number of anilines is 1. The number of nitrogens with one attached hydrogen (secondary N) is 1. The zero-order valence-electron chi connectivity index (χ0n) is 14.5. The van der Waals surface area contributed by atoms with Crippen LogP contribution in [0, 0.1) is 0 Å². The summed E-state index contributed by atoms with van der Waals surface area (Å²) in [6, 6.07) is 7.91. The van der Waals surface area contributed by atoms with Gasteiger partial charge in [0.15, 0.2) is 0 Å². The first kappa shape index (κ1) is 21.0. The van der Waals surface area contributed by atoms with Gasteiger partial charge in [-0.05, 0) is 44.2 Å². The fourth-order valence-electron chi connectivity index (χ4n) is 2.17. The molecular weight excluding hydrogens is 404 g/mol. The molecule has 0 radical (unpaired) electrons. The monoisotopic (exact) mass is 421 g/mol. The molecule has 0 aliphatic heterocycles. The van der Waals surface area contributed by atoms with Crippen molar-refractivity contribution < 1.29 is 31.4 Å². The predicted molar refractivity (Wildman–Crippen MR) is 97.7 cm³/mol. The molecule has 2 aromatic carbocycles. The van der Waals surface area contributed by atoms with Crippen LogP contribution in [-0.2, 0) is 10.0 Å². The number of benzene rings is 2. The second kappa shape index (κ2) is 9.09. The van der Waals surface area contributed by atoms with Gasteiger partial charge in [-0.1, -0.05) is 11.6 Å². The molecule has 1 N–H and O–H groups in total. The van der Waals surface area contributed by atoms with E-state index in [1.54, 1.807) is 26.0 Å². The van der Waals surface area contributed by atoms with Gasteiger partial charge in [-0.3, -0.25) is 4.72 Å². The van der Waals surface area contributed by atoms with Gasteiger partial charge in [0, 0.05) is 6.07 Å². The first-order valence-corrected chi connectivity index (χ1v) is 9.79. The third kappa shape index (κ3) is 5.61. The highest BCUT2D eigenvalue weighted by atomic mass is 35.5. The Morgan fingerprint density at radius 2 is 1.70 bits per heavy atom. The van der Waals surface area contributed by atoms with Gasteiger partial charge in [0.25, 0.3) is 10.0 Å². The Labute approximate surface area is 161 Å². The number of rotatable bonds is 9. The fourth-order valence-corrected chi connectivity index (χ4v) is 3.55. The number of halogens is 3. The van der Waals surface area contributed by atoms with Crippen LogP contribution in [0.5, 0.6) is 17.2 Å². The van der Waals surface area contributed by atoms with Crippen LogP contribution in [0.1, 0.15) is 13.8 Å². The molecule has 0 spiro atoms. The summed E-state index contributed by atoms with van der Waals surface area (Å²) >= 11 is 5.83. The van der Waals surface area contributed by atoms with Gasteiger partial charge in [0.1, 0.15) is 17.2 Å². The van der Waals surface area contributed by atoms with Crippen LogP contribution < -0.4 is 18.9 Å². The molecule has 148 valence electrons. The molecule has 0 aliphatic carbocycles. The maximum atomic E-state index is 12.7. The summed E-state index contributed by atoms with van der Waals surface area (Å²) in [5.41, 5.74) is 0.173. The lowest BCUT2D eigenvalue weighted by molar-refractivity contribution is -0.0498. The number of hydrogen-bond acceptors (Lipinski definition) is 5. The predicted octanol–water partition coefficient (Wildman–Crippen LogP) is 4.54.